The average molecular weight is 509 g/mol. The van der Waals surface area contributed by atoms with Gasteiger partial charge in [0.05, 0.1) is 35.5 Å². The third-order valence-corrected chi connectivity index (χ3v) is 6.72. The van der Waals surface area contributed by atoms with Crippen LogP contribution in [0.4, 0.5) is 18.0 Å². The molecular weight excluding hydrogens is 477 g/mol. The number of urea groups is 1. The van der Waals surface area contributed by atoms with Gasteiger partial charge in [0.25, 0.3) is 5.91 Å². The molecule has 4 amide bonds. The molecule has 36 heavy (non-hydrogen) atoms. The second-order valence-corrected chi connectivity index (χ2v) is 9.88. The van der Waals surface area contributed by atoms with E-state index in [0.717, 1.165) is 18.9 Å². The summed E-state index contributed by atoms with van der Waals surface area (Å²) >= 11 is 0. The van der Waals surface area contributed by atoms with Crippen LogP contribution in [0.2, 0.25) is 0 Å². The van der Waals surface area contributed by atoms with Crippen molar-refractivity contribution in [1.82, 2.24) is 20.0 Å². The van der Waals surface area contributed by atoms with Crippen molar-refractivity contribution in [3.8, 4) is 0 Å². The van der Waals surface area contributed by atoms with Crippen molar-refractivity contribution in [3.05, 3.63) is 46.7 Å². The lowest BCUT2D eigenvalue weighted by Crippen LogP contribution is -2.46. The number of nitrogens with one attached hydrogen (secondary N) is 1. The Hall–Kier alpha value is -3.08. The van der Waals surface area contributed by atoms with Gasteiger partial charge in [-0.05, 0) is 30.4 Å². The summed E-state index contributed by atoms with van der Waals surface area (Å²) in [5, 5.41) is 2.54. The van der Waals surface area contributed by atoms with Gasteiger partial charge in [0, 0.05) is 26.7 Å². The molecule has 1 N–H and O–H groups in total. The zero-order valence-electron chi connectivity index (χ0n) is 20.6. The third kappa shape index (κ3) is 5.21. The zero-order chi connectivity index (χ0) is 26.2. The minimum Gasteiger partial charge on any atom is -0.376 e. The molecule has 0 saturated carbocycles. The third-order valence-electron chi connectivity index (χ3n) is 6.72. The fourth-order valence-electron chi connectivity index (χ4n) is 5.01. The lowest BCUT2D eigenvalue weighted by Gasteiger charge is -2.32. The van der Waals surface area contributed by atoms with E-state index in [0.29, 0.717) is 25.4 Å². The first-order chi connectivity index (χ1) is 17.0. The van der Waals surface area contributed by atoms with E-state index >= 15 is 0 Å². The summed E-state index contributed by atoms with van der Waals surface area (Å²) in [5.41, 5.74) is -0.779. The van der Waals surface area contributed by atoms with Crippen molar-refractivity contribution in [1.29, 1.82) is 0 Å². The van der Waals surface area contributed by atoms with Crippen LogP contribution in [0.3, 0.4) is 0 Å². The molecule has 0 radical (unpaired) electrons. The number of amides is 4. The summed E-state index contributed by atoms with van der Waals surface area (Å²) in [5.74, 6) is -0.623. The van der Waals surface area contributed by atoms with E-state index in [2.05, 4.69) is 5.32 Å². The van der Waals surface area contributed by atoms with Crippen molar-refractivity contribution in [2.75, 3.05) is 39.8 Å². The van der Waals surface area contributed by atoms with Crippen LogP contribution in [0.25, 0.3) is 0 Å². The van der Waals surface area contributed by atoms with Crippen LogP contribution >= 0.6 is 0 Å². The highest BCUT2D eigenvalue weighted by molar-refractivity contribution is 6.03. The molecule has 3 aliphatic rings. The summed E-state index contributed by atoms with van der Waals surface area (Å²) in [6.45, 7) is 5.29. The largest absolute Gasteiger partial charge is 0.416 e. The monoisotopic (exact) mass is 508 g/mol. The van der Waals surface area contributed by atoms with Gasteiger partial charge in [-0.3, -0.25) is 14.5 Å². The van der Waals surface area contributed by atoms with Gasteiger partial charge >= 0.3 is 12.2 Å². The predicted octanol–water partition coefficient (Wildman–Crippen LogP) is 3.16. The predicted molar refractivity (Wildman–Crippen MR) is 124 cm³/mol. The number of carbonyl (C=O) groups excluding carboxylic acids is 3. The SMILES string of the molecule is CC(C)CN(CC1CCCO1)C(=O)CN1CC2=C(C1=O)C(c1ccccc1C(F)(F)F)NC(=O)N2C. The van der Waals surface area contributed by atoms with Crippen LogP contribution < -0.4 is 5.32 Å². The van der Waals surface area contributed by atoms with Gasteiger partial charge in [0.1, 0.15) is 6.54 Å². The van der Waals surface area contributed by atoms with E-state index in [-0.39, 0.29) is 42.2 Å². The van der Waals surface area contributed by atoms with Crippen LogP contribution in [0.5, 0.6) is 0 Å². The van der Waals surface area contributed by atoms with Gasteiger partial charge in [-0.2, -0.15) is 13.2 Å². The standard InChI is InChI=1S/C25H31F3N4O4/c1-15(2)11-31(12-16-7-6-10-36-16)20(33)14-32-13-19-21(23(32)34)22(29-24(35)30(19)3)17-8-4-5-9-18(17)25(26,27)28/h4-5,8-9,15-16,22H,6-7,10-14H2,1-3H3,(H,29,35). The summed E-state index contributed by atoms with van der Waals surface area (Å²) in [7, 11) is 1.46. The fourth-order valence-corrected chi connectivity index (χ4v) is 5.01. The number of alkyl halides is 3. The zero-order valence-corrected chi connectivity index (χ0v) is 20.6. The molecular formula is C25H31F3N4O4. The Morgan fingerprint density at radius 1 is 1.25 bits per heavy atom. The van der Waals surface area contributed by atoms with Crippen LogP contribution in [0, 0.1) is 5.92 Å². The molecule has 3 heterocycles. The average Bonchev–Trinajstić information content (AvgIpc) is 3.43. The maximum absolute atomic E-state index is 13.7. The Morgan fingerprint density at radius 3 is 2.61 bits per heavy atom. The highest BCUT2D eigenvalue weighted by Gasteiger charge is 2.46. The molecule has 2 unspecified atom stereocenters. The van der Waals surface area contributed by atoms with E-state index < -0.39 is 29.7 Å². The summed E-state index contributed by atoms with van der Waals surface area (Å²) in [6, 6.07) is 3.00. The minimum absolute atomic E-state index is 0.0377. The summed E-state index contributed by atoms with van der Waals surface area (Å²) in [4.78, 5) is 43.6. The number of ether oxygens (including phenoxy) is 1. The first kappa shape index (κ1) is 26.0. The molecule has 3 aliphatic heterocycles. The van der Waals surface area contributed by atoms with Crippen LogP contribution in [0.1, 0.15) is 43.9 Å². The molecule has 1 fully saturated rings. The van der Waals surface area contributed by atoms with E-state index in [4.69, 9.17) is 4.74 Å². The first-order valence-corrected chi connectivity index (χ1v) is 12.1. The minimum atomic E-state index is -4.66. The van der Waals surface area contributed by atoms with E-state index in [1.54, 1.807) is 4.90 Å². The number of nitrogens with zero attached hydrogens (tertiary/aromatic N) is 3. The Kier molecular flexibility index (Phi) is 7.31. The van der Waals surface area contributed by atoms with Crippen molar-refractivity contribution in [2.24, 2.45) is 5.92 Å². The van der Waals surface area contributed by atoms with Gasteiger partial charge < -0.3 is 19.9 Å². The topological polar surface area (TPSA) is 82.2 Å². The summed E-state index contributed by atoms with van der Waals surface area (Å²) in [6.07, 6.45) is -2.92. The van der Waals surface area contributed by atoms with Gasteiger partial charge in [0.15, 0.2) is 0 Å². The number of likely N-dealkylation sites (N-methyl/N-ethyl adjacent to an activating group) is 1. The highest BCUT2D eigenvalue weighted by atomic mass is 19.4. The molecule has 8 nitrogen and oxygen atoms in total. The number of benzene rings is 1. The van der Waals surface area contributed by atoms with E-state index in [1.165, 1.54) is 35.0 Å². The van der Waals surface area contributed by atoms with Crippen molar-refractivity contribution in [2.45, 2.75) is 45.0 Å². The van der Waals surface area contributed by atoms with E-state index in [9.17, 15) is 27.6 Å². The second-order valence-electron chi connectivity index (χ2n) is 9.88. The van der Waals surface area contributed by atoms with Gasteiger partial charge in [0.2, 0.25) is 5.91 Å². The first-order valence-electron chi connectivity index (χ1n) is 12.1. The lowest BCUT2D eigenvalue weighted by molar-refractivity contribution is -0.139. The molecule has 0 aliphatic carbocycles. The van der Waals surface area contributed by atoms with Gasteiger partial charge in [-0.1, -0.05) is 32.0 Å². The van der Waals surface area contributed by atoms with Gasteiger partial charge in [-0.15, -0.1) is 0 Å². The second kappa shape index (κ2) is 10.1. The number of halogens is 3. The molecule has 2 atom stereocenters. The molecule has 0 aromatic heterocycles. The Balaban J connectivity index is 1.59. The Bertz CT molecular complexity index is 1070. The molecule has 0 bridgehead atoms. The number of hydrogen-bond donors (Lipinski definition) is 1. The maximum Gasteiger partial charge on any atom is 0.416 e. The molecule has 1 aromatic rings. The van der Waals surface area contributed by atoms with Crippen LogP contribution in [-0.4, -0.2) is 78.5 Å². The van der Waals surface area contributed by atoms with Crippen LogP contribution in [-0.2, 0) is 20.5 Å². The molecule has 1 aromatic carbocycles. The number of carbonyl (C=O) groups is 3. The van der Waals surface area contributed by atoms with E-state index in [1.807, 2.05) is 13.8 Å². The molecule has 0 spiro atoms. The normalized spacial score (nSPS) is 22.4. The van der Waals surface area contributed by atoms with Gasteiger partial charge in [-0.25, -0.2) is 4.79 Å². The maximum atomic E-state index is 13.7. The molecule has 196 valence electrons. The summed E-state index contributed by atoms with van der Waals surface area (Å²) < 4.78 is 46.9. The van der Waals surface area contributed by atoms with Crippen LogP contribution in [0.15, 0.2) is 35.5 Å². The quantitative estimate of drug-likeness (QED) is 0.614. The Morgan fingerprint density at radius 2 is 1.97 bits per heavy atom. The molecule has 1 saturated heterocycles. The molecule has 4 rings (SSSR count). The highest BCUT2D eigenvalue weighted by Crippen LogP contribution is 2.41. The number of rotatable bonds is 7. The number of hydrogen-bond acceptors (Lipinski definition) is 4. The van der Waals surface area contributed by atoms with Crippen molar-refractivity contribution in [3.63, 3.8) is 0 Å². The van der Waals surface area contributed by atoms with Crippen molar-refractivity contribution < 1.29 is 32.3 Å². The smallest absolute Gasteiger partial charge is 0.376 e. The lowest BCUT2D eigenvalue weighted by atomic mass is 9.92. The fraction of sp³-hybridized carbons (Fsp3) is 0.560. The Labute approximate surface area is 208 Å². The van der Waals surface area contributed by atoms with Crippen molar-refractivity contribution >= 4 is 17.8 Å². The molecule has 11 heteroatoms.